The highest BCUT2D eigenvalue weighted by Crippen LogP contribution is 2.24. The summed E-state index contributed by atoms with van der Waals surface area (Å²) < 4.78 is 28.1. The van der Waals surface area contributed by atoms with Gasteiger partial charge in [0.2, 0.25) is 0 Å². The number of benzene rings is 2. The van der Waals surface area contributed by atoms with Crippen molar-refractivity contribution in [2.45, 2.75) is 6.54 Å². The molecule has 2 aromatic carbocycles. The number of hydrogen-bond donors (Lipinski definition) is 1. The average Bonchev–Trinajstić information content (AvgIpc) is 2.91. The Morgan fingerprint density at radius 3 is 2.43 bits per heavy atom. The van der Waals surface area contributed by atoms with E-state index >= 15 is 0 Å². The summed E-state index contributed by atoms with van der Waals surface area (Å²) in [7, 11) is 0. The van der Waals surface area contributed by atoms with Crippen molar-refractivity contribution in [1.82, 2.24) is 15.0 Å². The van der Waals surface area contributed by atoms with E-state index in [-0.39, 0.29) is 17.9 Å². The summed E-state index contributed by atoms with van der Waals surface area (Å²) in [6.45, 7) is 0.115. The molecule has 23 heavy (non-hydrogen) atoms. The maximum absolute atomic E-state index is 13.5. The van der Waals surface area contributed by atoms with Crippen molar-refractivity contribution in [1.29, 1.82) is 0 Å². The van der Waals surface area contributed by atoms with Gasteiger partial charge in [-0.05, 0) is 29.8 Å². The van der Waals surface area contributed by atoms with Crippen LogP contribution in [0, 0.1) is 11.6 Å². The first-order valence-electron chi connectivity index (χ1n) is 6.72. The second-order valence-electron chi connectivity index (χ2n) is 4.89. The lowest BCUT2D eigenvalue weighted by Gasteiger charge is -2.08. The van der Waals surface area contributed by atoms with Crippen molar-refractivity contribution >= 4 is 5.97 Å². The number of hydrogen-bond acceptors (Lipinski definition) is 3. The van der Waals surface area contributed by atoms with Crippen LogP contribution in [0.15, 0.2) is 48.5 Å². The lowest BCUT2D eigenvalue weighted by atomic mass is 10.1. The molecule has 0 radical (unpaired) electrons. The second-order valence-corrected chi connectivity index (χ2v) is 4.89. The first-order valence-corrected chi connectivity index (χ1v) is 6.72. The molecule has 1 heterocycles. The lowest BCUT2D eigenvalue weighted by Crippen LogP contribution is -2.06. The molecule has 1 aromatic heterocycles. The fraction of sp³-hybridized carbons (Fsp3) is 0.0625. The average molecular weight is 315 g/mol. The van der Waals surface area contributed by atoms with Crippen LogP contribution in [0.3, 0.4) is 0 Å². The summed E-state index contributed by atoms with van der Waals surface area (Å²) >= 11 is 0. The summed E-state index contributed by atoms with van der Waals surface area (Å²) in [6.07, 6.45) is 0. The number of nitrogens with zero attached hydrogens (tertiary/aromatic N) is 3. The predicted octanol–water partition coefficient (Wildman–Crippen LogP) is 2.97. The largest absolute Gasteiger partial charge is 0.476 e. The molecule has 0 fully saturated rings. The minimum atomic E-state index is -1.27. The maximum atomic E-state index is 13.5. The molecular formula is C16H11F2N3O2. The van der Waals surface area contributed by atoms with Gasteiger partial charge in [0.1, 0.15) is 17.3 Å². The van der Waals surface area contributed by atoms with E-state index in [0.717, 1.165) is 0 Å². The molecule has 0 aliphatic rings. The third-order valence-corrected chi connectivity index (χ3v) is 3.26. The standard InChI is InChI=1S/C16H11F2N3O2/c17-12-5-1-3-10(7-12)9-21-15(14(16(22)23)19-20-21)11-4-2-6-13(18)8-11/h1-8H,9H2,(H,22,23). The van der Waals surface area contributed by atoms with Gasteiger partial charge in [-0.1, -0.05) is 29.5 Å². The van der Waals surface area contributed by atoms with Gasteiger partial charge in [0.15, 0.2) is 5.69 Å². The molecule has 3 aromatic rings. The molecule has 0 bridgehead atoms. The minimum Gasteiger partial charge on any atom is -0.476 e. The maximum Gasteiger partial charge on any atom is 0.358 e. The van der Waals surface area contributed by atoms with E-state index < -0.39 is 17.6 Å². The first-order chi connectivity index (χ1) is 11.0. The van der Waals surface area contributed by atoms with E-state index in [1.807, 2.05) is 0 Å². The zero-order chi connectivity index (χ0) is 16.4. The van der Waals surface area contributed by atoms with Crippen molar-refractivity contribution < 1.29 is 18.7 Å². The highest BCUT2D eigenvalue weighted by molar-refractivity contribution is 5.92. The minimum absolute atomic E-state index is 0.115. The smallest absolute Gasteiger partial charge is 0.358 e. The first kappa shape index (κ1) is 14.8. The van der Waals surface area contributed by atoms with Gasteiger partial charge in [-0.15, -0.1) is 5.10 Å². The van der Waals surface area contributed by atoms with Gasteiger partial charge < -0.3 is 5.11 Å². The number of carboxylic acids is 1. The van der Waals surface area contributed by atoms with E-state index in [9.17, 15) is 18.7 Å². The molecule has 0 aliphatic carbocycles. The van der Waals surface area contributed by atoms with E-state index in [1.54, 1.807) is 18.2 Å². The summed E-state index contributed by atoms with van der Waals surface area (Å²) in [5, 5.41) is 16.7. The highest BCUT2D eigenvalue weighted by Gasteiger charge is 2.21. The van der Waals surface area contributed by atoms with Crippen LogP contribution < -0.4 is 0 Å². The van der Waals surface area contributed by atoms with Crippen molar-refractivity contribution in [2.75, 3.05) is 0 Å². The Morgan fingerprint density at radius 2 is 1.78 bits per heavy atom. The molecule has 0 saturated carbocycles. The van der Waals surface area contributed by atoms with Gasteiger partial charge >= 0.3 is 5.97 Å². The zero-order valence-electron chi connectivity index (χ0n) is 11.8. The van der Waals surface area contributed by atoms with E-state index in [0.29, 0.717) is 11.1 Å². The topological polar surface area (TPSA) is 68.0 Å². The van der Waals surface area contributed by atoms with Crippen molar-refractivity contribution in [2.24, 2.45) is 0 Å². The number of rotatable bonds is 4. The molecule has 0 unspecified atom stereocenters. The Balaban J connectivity index is 2.09. The van der Waals surface area contributed by atoms with Crippen LogP contribution in [0.1, 0.15) is 16.1 Å². The second kappa shape index (κ2) is 5.96. The molecule has 7 heteroatoms. The Bertz CT molecular complexity index is 877. The van der Waals surface area contributed by atoms with Crippen molar-refractivity contribution in [3.05, 3.63) is 71.4 Å². The summed E-state index contributed by atoms with van der Waals surface area (Å²) in [5.41, 5.74) is 0.807. The SMILES string of the molecule is O=C(O)c1nnn(Cc2cccc(F)c2)c1-c1cccc(F)c1. The number of carboxylic acid groups (broad SMARTS) is 1. The van der Waals surface area contributed by atoms with Crippen LogP contribution in [-0.4, -0.2) is 26.1 Å². The van der Waals surface area contributed by atoms with Gasteiger partial charge in [0, 0.05) is 5.56 Å². The molecular weight excluding hydrogens is 304 g/mol. The van der Waals surface area contributed by atoms with Crippen LogP contribution in [0.25, 0.3) is 11.3 Å². The Morgan fingerprint density at radius 1 is 1.09 bits per heavy atom. The van der Waals surface area contributed by atoms with Crippen molar-refractivity contribution in [3.63, 3.8) is 0 Å². The zero-order valence-corrected chi connectivity index (χ0v) is 11.8. The van der Waals surface area contributed by atoms with Gasteiger partial charge in [-0.2, -0.15) is 0 Å². The quantitative estimate of drug-likeness (QED) is 0.803. The predicted molar refractivity (Wildman–Crippen MR) is 77.9 cm³/mol. The number of aromatic nitrogens is 3. The molecule has 1 N–H and O–H groups in total. The Kier molecular flexibility index (Phi) is 3.84. The summed E-state index contributed by atoms with van der Waals surface area (Å²) in [6, 6.07) is 11.3. The fourth-order valence-electron chi connectivity index (χ4n) is 2.30. The Labute approximate surface area is 129 Å². The third-order valence-electron chi connectivity index (χ3n) is 3.26. The van der Waals surface area contributed by atoms with E-state index in [1.165, 1.54) is 35.0 Å². The van der Waals surface area contributed by atoms with Gasteiger partial charge in [0.25, 0.3) is 0 Å². The number of halogens is 2. The van der Waals surface area contributed by atoms with Crippen LogP contribution in [-0.2, 0) is 6.54 Å². The Hall–Kier alpha value is -3.09. The monoisotopic (exact) mass is 315 g/mol. The van der Waals surface area contributed by atoms with E-state index in [4.69, 9.17) is 0 Å². The molecule has 116 valence electrons. The third kappa shape index (κ3) is 3.08. The van der Waals surface area contributed by atoms with Gasteiger partial charge in [-0.3, -0.25) is 0 Å². The van der Waals surface area contributed by atoms with Crippen LogP contribution in [0.2, 0.25) is 0 Å². The van der Waals surface area contributed by atoms with Crippen molar-refractivity contribution in [3.8, 4) is 11.3 Å². The molecule has 0 atom stereocenters. The molecule has 3 rings (SSSR count). The van der Waals surface area contributed by atoms with Crippen LogP contribution >= 0.6 is 0 Å². The molecule has 0 amide bonds. The molecule has 0 spiro atoms. The number of aromatic carboxylic acids is 1. The summed E-state index contributed by atoms with van der Waals surface area (Å²) in [4.78, 5) is 11.3. The summed E-state index contributed by atoms with van der Waals surface area (Å²) in [5.74, 6) is -2.18. The van der Waals surface area contributed by atoms with Crippen LogP contribution in [0.5, 0.6) is 0 Å². The van der Waals surface area contributed by atoms with E-state index in [2.05, 4.69) is 10.3 Å². The van der Waals surface area contributed by atoms with Gasteiger partial charge in [-0.25, -0.2) is 18.3 Å². The highest BCUT2D eigenvalue weighted by atomic mass is 19.1. The normalized spacial score (nSPS) is 10.7. The van der Waals surface area contributed by atoms with Crippen LogP contribution in [0.4, 0.5) is 8.78 Å². The molecule has 5 nitrogen and oxygen atoms in total. The van der Waals surface area contributed by atoms with Gasteiger partial charge in [0.05, 0.1) is 6.54 Å². The fourth-order valence-corrected chi connectivity index (χ4v) is 2.30. The lowest BCUT2D eigenvalue weighted by molar-refractivity contribution is 0.0691. The number of carbonyl (C=O) groups is 1. The molecule has 0 saturated heterocycles. The molecule has 0 aliphatic heterocycles.